The minimum atomic E-state index is -0.180. The van der Waals surface area contributed by atoms with E-state index < -0.39 is 0 Å². The molecule has 1 nitrogen and oxygen atoms in total. The molecule has 0 saturated heterocycles. The summed E-state index contributed by atoms with van der Waals surface area (Å²) in [4.78, 5) is 0. The van der Waals surface area contributed by atoms with E-state index in [1.54, 1.807) is 12.1 Å². The van der Waals surface area contributed by atoms with Crippen molar-refractivity contribution in [2.75, 3.05) is 0 Å². The number of rotatable bonds is 4. The predicted molar refractivity (Wildman–Crippen MR) is 114 cm³/mol. The molecule has 3 aromatic rings. The quantitative estimate of drug-likeness (QED) is 0.463. The van der Waals surface area contributed by atoms with E-state index in [9.17, 15) is 0 Å². The summed E-state index contributed by atoms with van der Waals surface area (Å²) in [7, 11) is 0. The van der Waals surface area contributed by atoms with Crippen LogP contribution in [-0.2, 0) is 0 Å². The van der Waals surface area contributed by atoms with Crippen LogP contribution in [-0.4, -0.2) is 0 Å². The van der Waals surface area contributed by atoms with E-state index in [4.69, 9.17) is 5.26 Å². The number of benzene rings is 3. The van der Waals surface area contributed by atoms with Crippen LogP contribution in [0.25, 0.3) is 21.9 Å². The van der Waals surface area contributed by atoms with Crippen LogP contribution in [0, 0.1) is 23.1 Å². The Kier molecular flexibility index (Phi) is 5.44. The molecule has 0 atom stereocenters. The van der Waals surface area contributed by atoms with Crippen molar-refractivity contribution in [3.8, 4) is 17.2 Å². The van der Waals surface area contributed by atoms with E-state index in [2.05, 4.69) is 25.1 Å². The summed E-state index contributed by atoms with van der Waals surface area (Å²) >= 11 is 0. The first-order valence-electron chi connectivity index (χ1n) is 10.4. The van der Waals surface area contributed by atoms with Crippen molar-refractivity contribution >= 4 is 10.8 Å². The van der Waals surface area contributed by atoms with Crippen LogP contribution in [0.4, 0.5) is 4.39 Å². The average Bonchev–Trinajstić information content (AvgIpc) is 2.75. The molecule has 1 fully saturated rings. The topological polar surface area (TPSA) is 23.8 Å². The number of fused-ring (bicyclic) bond motifs is 1. The number of hydrogen-bond donors (Lipinski definition) is 0. The maximum Gasteiger partial charge on any atom is 0.138 e. The van der Waals surface area contributed by atoms with Gasteiger partial charge in [-0.3, -0.25) is 0 Å². The Bertz CT molecular complexity index is 1010. The lowest BCUT2D eigenvalue weighted by Crippen LogP contribution is -2.13. The molecular formula is C26H26FN. The maximum absolute atomic E-state index is 15.2. The molecule has 0 bridgehead atoms. The zero-order valence-corrected chi connectivity index (χ0v) is 16.4. The van der Waals surface area contributed by atoms with Gasteiger partial charge in [0, 0.05) is 10.9 Å². The van der Waals surface area contributed by atoms with E-state index in [1.165, 1.54) is 44.1 Å². The van der Waals surface area contributed by atoms with Crippen LogP contribution in [0.3, 0.4) is 0 Å². The zero-order valence-electron chi connectivity index (χ0n) is 16.4. The van der Waals surface area contributed by atoms with Crippen molar-refractivity contribution in [2.24, 2.45) is 5.92 Å². The van der Waals surface area contributed by atoms with Crippen molar-refractivity contribution in [3.05, 3.63) is 71.5 Å². The minimum Gasteiger partial charge on any atom is -0.206 e. The lowest BCUT2D eigenvalue weighted by Gasteiger charge is -2.28. The van der Waals surface area contributed by atoms with Gasteiger partial charge in [-0.1, -0.05) is 62.2 Å². The van der Waals surface area contributed by atoms with Crippen molar-refractivity contribution < 1.29 is 4.39 Å². The summed E-state index contributed by atoms with van der Waals surface area (Å²) in [6, 6.07) is 19.3. The van der Waals surface area contributed by atoms with E-state index in [1.807, 2.05) is 30.3 Å². The molecule has 28 heavy (non-hydrogen) atoms. The van der Waals surface area contributed by atoms with Gasteiger partial charge in [-0.2, -0.15) is 5.26 Å². The van der Waals surface area contributed by atoms with Crippen LogP contribution in [0.5, 0.6) is 0 Å². The molecule has 142 valence electrons. The SMILES string of the molecule is CCCC1CCC(c2ccc3c(F)c(-c4ccc(C#N)cc4)ccc3c2)CC1. The second kappa shape index (κ2) is 8.15. The lowest BCUT2D eigenvalue weighted by molar-refractivity contribution is 0.308. The molecular weight excluding hydrogens is 345 g/mol. The van der Waals surface area contributed by atoms with Gasteiger partial charge < -0.3 is 0 Å². The standard InChI is InChI=1S/C26H26FN/c1-2-3-18-4-8-20(9-5-18)22-12-14-25-23(16-22)13-15-24(26(25)27)21-10-6-19(17-28)7-11-21/h6-7,10-16,18,20H,2-5,8-9H2,1H3. The third-order valence-electron chi connectivity index (χ3n) is 6.32. The van der Waals surface area contributed by atoms with E-state index >= 15 is 4.39 Å². The minimum absolute atomic E-state index is 0.180. The van der Waals surface area contributed by atoms with E-state index in [0.29, 0.717) is 22.4 Å². The molecule has 0 aliphatic heterocycles. The van der Waals surface area contributed by atoms with Gasteiger partial charge in [-0.25, -0.2) is 4.39 Å². The molecule has 0 N–H and O–H groups in total. The van der Waals surface area contributed by atoms with Gasteiger partial charge in [-0.15, -0.1) is 0 Å². The number of halogens is 1. The Morgan fingerprint density at radius 1 is 0.964 bits per heavy atom. The molecule has 0 unspecified atom stereocenters. The van der Waals surface area contributed by atoms with Crippen molar-refractivity contribution in [1.29, 1.82) is 5.26 Å². The van der Waals surface area contributed by atoms with Gasteiger partial charge in [0.25, 0.3) is 0 Å². The molecule has 3 aromatic carbocycles. The van der Waals surface area contributed by atoms with Crippen LogP contribution >= 0.6 is 0 Å². The second-order valence-electron chi connectivity index (χ2n) is 8.10. The summed E-state index contributed by atoms with van der Waals surface area (Å²) in [5.74, 6) is 1.33. The fraction of sp³-hybridized carbons (Fsp3) is 0.346. The fourth-order valence-corrected chi connectivity index (χ4v) is 4.70. The molecule has 1 saturated carbocycles. The van der Waals surface area contributed by atoms with Crippen LogP contribution in [0.15, 0.2) is 54.6 Å². The predicted octanol–water partition coefficient (Wildman–Crippen LogP) is 7.59. The van der Waals surface area contributed by atoms with Crippen molar-refractivity contribution in [2.45, 2.75) is 51.4 Å². The number of nitrogens with zero attached hydrogens (tertiary/aromatic N) is 1. The first kappa shape index (κ1) is 18.7. The third-order valence-corrected chi connectivity index (χ3v) is 6.32. The largest absolute Gasteiger partial charge is 0.206 e. The molecule has 2 heteroatoms. The molecule has 0 spiro atoms. The molecule has 0 radical (unpaired) electrons. The summed E-state index contributed by atoms with van der Waals surface area (Å²) in [6.45, 7) is 2.27. The molecule has 0 aromatic heterocycles. The monoisotopic (exact) mass is 371 g/mol. The summed E-state index contributed by atoms with van der Waals surface area (Å²) in [5, 5.41) is 10.6. The first-order valence-corrected chi connectivity index (χ1v) is 10.4. The average molecular weight is 371 g/mol. The van der Waals surface area contributed by atoms with Gasteiger partial charge in [0.2, 0.25) is 0 Å². The highest BCUT2D eigenvalue weighted by atomic mass is 19.1. The maximum atomic E-state index is 15.2. The molecule has 1 aliphatic carbocycles. The Hall–Kier alpha value is -2.66. The highest BCUT2D eigenvalue weighted by Gasteiger charge is 2.22. The van der Waals surface area contributed by atoms with Gasteiger partial charge in [0.05, 0.1) is 11.6 Å². The number of nitriles is 1. The summed E-state index contributed by atoms with van der Waals surface area (Å²) in [6.07, 6.45) is 7.79. The van der Waals surface area contributed by atoms with Gasteiger partial charge in [-0.05, 0) is 66.2 Å². The molecule has 0 heterocycles. The zero-order chi connectivity index (χ0) is 19.5. The second-order valence-corrected chi connectivity index (χ2v) is 8.10. The summed E-state index contributed by atoms with van der Waals surface area (Å²) in [5.41, 5.74) is 3.33. The first-order chi connectivity index (χ1) is 13.7. The highest BCUT2D eigenvalue weighted by Crippen LogP contribution is 2.39. The smallest absolute Gasteiger partial charge is 0.138 e. The van der Waals surface area contributed by atoms with Crippen LogP contribution in [0.2, 0.25) is 0 Å². The van der Waals surface area contributed by atoms with Gasteiger partial charge in [0.15, 0.2) is 0 Å². The van der Waals surface area contributed by atoms with Gasteiger partial charge in [0.1, 0.15) is 5.82 Å². The Labute approximate surface area is 166 Å². The molecule has 1 aliphatic rings. The van der Waals surface area contributed by atoms with E-state index in [-0.39, 0.29) is 5.82 Å². The van der Waals surface area contributed by atoms with E-state index in [0.717, 1.165) is 16.9 Å². The number of hydrogen-bond acceptors (Lipinski definition) is 1. The van der Waals surface area contributed by atoms with Crippen LogP contribution in [0.1, 0.15) is 62.5 Å². The molecule has 0 amide bonds. The molecule has 4 rings (SSSR count). The fourth-order valence-electron chi connectivity index (χ4n) is 4.70. The van der Waals surface area contributed by atoms with Crippen LogP contribution < -0.4 is 0 Å². The summed E-state index contributed by atoms with van der Waals surface area (Å²) < 4.78 is 15.2. The van der Waals surface area contributed by atoms with Crippen molar-refractivity contribution in [1.82, 2.24) is 0 Å². The van der Waals surface area contributed by atoms with Crippen molar-refractivity contribution in [3.63, 3.8) is 0 Å². The van der Waals surface area contributed by atoms with Gasteiger partial charge >= 0.3 is 0 Å². The Morgan fingerprint density at radius 3 is 2.39 bits per heavy atom. The third kappa shape index (κ3) is 3.67. The Balaban J connectivity index is 1.60. The normalized spacial score (nSPS) is 19.5. The Morgan fingerprint density at radius 2 is 1.71 bits per heavy atom. The lowest BCUT2D eigenvalue weighted by atomic mass is 9.77. The highest BCUT2D eigenvalue weighted by molar-refractivity contribution is 5.89.